The van der Waals surface area contributed by atoms with Crippen LogP contribution in [0.4, 0.5) is 0 Å². The van der Waals surface area contributed by atoms with Crippen LogP contribution in [0, 0.1) is 5.92 Å². The van der Waals surface area contributed by atoms with Gasteiger partial charge in [-0.1, -0.05) is 31.2 Å². The number of hydrogen-bond donors (Lipinski definition) is 3. The Kier molecular flexibility index (Phi) is 10.3. The maximum Gasteiger partial charge on any atom is 0.221 e. The van der Waals surface area contributed by atoms with Crippen LogP contribution >= 0.6 is 24.0 Å². The van der Waals surface area contributed by atoms with Crippen molar-refractivity contribution in [3.8, 4) is 0 Å². The lowest BCUT2D eigenvalue weighted by atomic mass is 9.97. The highest BCUT2D eigenvalue weighted by Gasteiger charge is 2.24. The summed E-state index contributed by atoms with van der Waals surface area (Å²) in [4.78, 5) is 20.8. The minimum Gasteiger partial charge on any atom is -0.370 e. The minimum absolute atomic E-state index is 0. The summed E-state index contributed by atoms with van der Waals surface area (Å²) >= 11 is 0. The molecular formula is C22H37IN6O. The SMILES string of the molecule is CCN1CCCC1CNC(N)=NCc1cccc(CN2CCCC(C(N)=O)C2)c1.I. The molecule has 1 aromatic carbocycles. The number of piperidine rings is 1. The second-order valence-electron chi connectivity index (χ2n) is 8.30. The lowest BCUT2D eigenvalue weighted by Gasteiger charge is -2.31. The van der Waals surface area contributed by atoms with E-state index in [0.717, 1.165) is 51.1 Å². The molecule has 8 heteroatoms. The predicted molar refractivity (Wildman–Crippen MR) is 133 cm³/mol. The summed E-state index contributed by atoms with van der Waals surface area (Å²) < 4.78 is 0. The molecule has 2 unspecified atom stereocenters. The number of amides is 1. The molecule has 5 N–H and O–H groups in total. The highest BCUT2D eigenvalue weighted by Crippen LogP contribution is 2.19. The molecule has 0 saturated carbocycles. The van der Waals surface area contributed by atoms with Gasteiger partial charge >= 0.3 is 0 Å². The largest absolute Gasteiger partial charge is 0.370 e. The third-order valence-electron chi connectivity index (χ3n) is 6.16. The molecule has 168 valence electrons. The first-order chi connectivity index (χ1) is 14.0. The number of nitrogens with two attached hydrogens (primary N) is 2. The van der Waals surface area contributed by atoms with Gasteiger partial charge in [0.2, 0.25) is 5.91 Å². The first-order valence-electron chi connectivity index (χ1n) is 10.9. The lowest BCUT2D eigenvalue weighted by molar-refractivity contribution is -0.123. The zero-order chi connectivity index (χ0) is 20.6. The fourth-order valence-electron chi connectivity index (χ4n) is 4.51. The fourth-order valence-corrected chi connectivity index (χ4v) is 4.51. The molecule has 2 atom stereocenters. The van der Waals surface area contributed by atoms with Crippen molar-refractivity contribution in [3.63, 3.8) is 0 Å². The number of carbonyl (C=O) groups is 1. The molecule has 3 rings (SSSR count). The molecule has 1 amide bonds. The van der Waals surface area contributed by atoms with E-state index >= 15 is 0 Å². The van der Waals surface area contributed by atoms with E-state index in [2.05, 4.69) is 51.3 Å². The van der Waals surface area contributed by atoms with Crippen molar-refractivity contribution in [3.05, 3.63) is 35.4 Å². The van der Waals surface area contributed by atoms with Gasteiger partial charge in [-0.2, -0.15) is 0 Å². The van der Waals surface area contributed by atoms with E-state index in [-0.39, 0.29) is 35.8 Å². The van der Waals surface area contributed by atoms with Crippen LogP contribution in [0.15, 0.2) is 29.3 Å². The zero-order valence-corrected chi connectivity index (χ0v) is 20.4. The van der Waals surface area contributed by atoms with Crippen LogP contribution in [0.3, 0.4) is 0 Å². The van der Waals surface area contributed by atoms with Gasteiger partial charge in [0.05, 0.1) is 12.5 Å². The molecule has 2 heterocycles. The number of primary amides is 1. The van der Waals surface area contributed by atoms with Gasteiger partial charge in [-0.15, -0.1) is 24.0 Å². The molecule has 0 aromatic heterocycles. The molecule has 2 aliphatic heterocycles. The van der Waals surface area contributed by atoms with E-state index in [1.54, 1.807) is 0 Å². The number of hydrogen-bond acceptors (Lipinski definition) is 4. The van der Waals surface area contributed by atoms with Crippen molar-refractivity contribution >= 4 is 35.8 Å². The van der Waals surface area contributed by atoms with Crippen LogP contribution in [0.25, 0.3) is 0 Å². The van der Waals surface area contributed by atoms with Gasteiger partial charge < -0.3 is 16.8 Å². The second kappa shape index (κ2) is 12.5. The lowest BCUT2D eigenvalue weighted by Crippen LogP contribution is -2.42. The Morgan fingerprint density at radius 1 is 1.20 bits per heavy atom. The molecule has 2 aliphatic rings. The molecule has 7 nitrogen and oxygen atoms in total. The molecule has 30 heavy (non-hydrogen) atoms. The molecular weight excluding hydrogens is 491 g/mol. The Morgan fingerprint density at radius 3 is 2.73 bits per heavy atom. The number of nitrogens with one attached hydrogen (secondary N) is 1. The van der Waals surface area contributed by atoms with Gasteiger partial charge in [0.1, 0.15) is 0 Å². The van der Waals surface area contributed by atoms with E-state index in [4.69, 9.17) is 11.5 Å². The van der Waals surface area contributed by atoms with Crippen LogP contribution in [-0.4, -0.2) is 60.4 Å². The normalized spacial score (nSPS) is 23.2. The maximum atomic E-state index is 11.5. The molecule has 1 aromatic rings. The summed E-state index contributed by atoms with van der Waals surface area (Å²) in [5.74, 6) is 0.310. The van der Waals surface area contributed by atoms with E-state index in [1.165, 1.54) is 24.9 Å². The average Bonchev–Trinajstić information content (AvgIpc) is 3.19. The topological polar surface area (TPSA) is 100.0 Å². The molecule has 0 radical (unpaired) electrons. The Bertz CT molecular complexity index is 713. The van der Waals surface area contributed by atoms with Crippen molar-refractivity contribution in [1.29, 1.82) is 0 Å². The van der Waals surface area contributed by atoms with Crippen molar-refractivity contribution in [1.82, 2.24) is 15.1 Å². The number of rotatable bonds is 8. The Hall–Kier alpha value is -1.39. The Labute approximate surface area is 197 Å². The molecule has 2 saturated heterocycles. The van der Waals surface area contributed by atoms with Crippen molar-refractivity contribution in [2.75, 3.05) is 32.7 Å². The standard InChI is InChI=1S/C22H36N6O.HI/c1-2-28-11-5-9-20(28)14-26-22(24)25-13-17-6-3-7-18(12-17)15-27-10-4-8-19(16-27)21(23)29;/h3,6-7,12,19-20H,2,4-5,8-11,13-16H2,1H3,(H2,23,29)(H3,24,25,26);1H. The van der Waals surface area contributed by atoms with E-state index < -0.39 is 0 Å². The number of nitrogens with zero attached hydrogens (tertiary/aromatic N) is 3. The van der Waals surface area contributed by atoms with Crippen molar-refractivity contribution in [2.24, 2.45) is 22.4 Å². The number of guanidine groups is 1. The number of aliphatic imine (C=N–C) groups is 1. The highest BCUT2D eigenvalue weighted by atomic mass is 127. The predicted octanol–water partition coefficient (Wildman–Crippen LogP) is 1.89. The van der Waals surface area contributed by atoms with Gasteiger partial charge in [0.25, 0.3) is 0 Å². The summed E-state index contributed by atoms with van der Waals surface area (Å²) in [5, 5.41) is 3.29. The molecule has 0 bridgehead atoms. The Morgan fingerprint density at radius 2 is 1.97 bits per heavy atom. The highest BCUT2D eigenvalue weighted by molar-refractivity contribution is 14.0. The van der Waals surface area contributed by atoms with Crippen LogP contribution < -0.4 is 16.8 Å². The first-order valence-corrected chi connectivity index (χ1v) is 10.9. The summed E-state index contributed by atoms with van der Waals surface area (Å²) in [6.07, 6.45) is 4.42. The number of halogens is 1. The number of benzene rings is 1. The van der Waals surface area contributed by atoms with Crippen LogP contribution in [0.1, 0.15) is 43.7 Å². The number of likely N-dealkylation sites (tertiary alicyclic amines) is 2. The van der Waals surface area contributed by atoms with Crippen molar-refractivity contribution in [2.45, 2.75) is 51.7 Å². The summed E-state index contributed by atoms with van der Waals surface area (Å²) in [5.41, 5.74) is 14.0. The Balaban J connectivity index is 0.00000320. The van der Waals surface area contributed by atoms with Crippen molar-refractivity contribution < 1.29 is 4.79 Å². The third kappa shape index (κ3) is 7.39. The van der Waals surface area contributed by atoms with Gasteiger partial charge in [-0.25, -0.2) is 4.99 Å². The van der Waals surface area contributed by atoms with Gasteiger partial charge in [0, 0.05) is 25.7 Å². The van der Waals surface area contributed by atoms with Gasteiger partial charge in [0.15, 0.2) is 5.96 Å². The average molecular weight is 528 g/mol. The van der Waals surface area contributed by atoms with E-state index in [1.807, 2.05) is 0 Å². The second-order valence-corrected chi connectivity index (χ2v) is 8.30. The third-order valence-corrected chi connectivity index (χ3v) is 6.16. The smallest absolute Gasteiger partial charge is 0.221 e. The number of likely N-dealkylation sites (N-methyl/N-ethyl adjacent to an activating group) is 1. The number of carbonyl (C=O) groups excluding carboxylic acids is 1. The zero-order valence-electron chi connectivity index (χ0n) is 18.1. The first kappa shape index (κ1) is 24.9. The van der Waals surface area contributed by atoms with Crippen LogP contribution in [0.5, 0.6) is 0 Å². The fraction of sp³-hybridized carbons (Fsp3) is 0.636. The summed E-state index contributed by atoms with van der Waals surface area (Å²) in [6.45, 7) is 8.52. The van der Waals surface area contributed by atoms with E-state index in [0.29, 0.717) is 18.5 Å². The molecule has 2 fully saturated rings. The van der Waals surface area contributed by atoms with Crippen LogP contribution in [-0.2, 0) is 17.9 Å². The minimum atomic E-state index is -0.180. The van der Waals surface area contributed by atoms with Gasteiger partial charge in [-0.3, -0.25) is 14.6 Å². The molecule has 0 spiro atoms. The molecule has 0 aliphatic carbocycles. The van der Waals surface area contributed by atoms with Crippen LogP contribution in [0.2, 0.25) is 0 Å². The van der Waals surface area contributed by atoms with E-state index in [9.17, 15) is 4.79 Å². The monoisotopic (exact) mass is 528 g/mol. The van der Waals surface area contributed by atoms with Gasteiger partial charge in [-0.05, 0) is 56.4 Å². The summed E-state index contributed by atoms with van der Waals surface area (Å²) in [6, 6.07) is 9.02. The maximum absolute atomic E-state index is 11.5. The quantitative estimate of drug-likeness (QED) is 0.272. The summed E-state index contributed by atoms with van der Waals surface area (Å²) in [7, 11) is 0.